The van der Waals surface area contributed by atoms with E-state index >= 15 is 0 Å². The van der Waals surface area contributed by atoms with Gasteiger partial charge in [0, 0.05) is 5.69 Å². The molecule has 0 aliphatic heterocycles. The maximum atomic E-state index is 13.0. The van der Waals surface area contributed by atoms with E-state index in [9.17, 15) is 13.2 Å². The first-order valence-corrected chi connectivity index (χ1v) is 10.8. The number of amides is 1. The van der Waals surface area contributed by atoms with Crippen LogP contribution in [0.1, 0.15) is 16.7 Å². The van der Waals surface area contributed by atoms with Gasteiger partial charge in [0.2, 0.25) is 15.9 Å². The summed E-state index contributed by atoms with van der Waals surface area (Å²) >= 11 is 0. The molecule has 0 aliphatic rings. The summed E-state index contributed by atoms with van der Waals surface area (Å²) in [6, 6.07) is 22.3. The lowest BCUT2D eigenvalue weighted by atomic mass is 10.1. The highest BCUT2D eigenvalue weighted by Crippen LogP contribution is 2.16. The molecule has 0 radical (unpaired) electrons. The molecule has 3 aromatic carbocycles. The number of benzene rings is 3. The van der Waals surface area contributed by atoms with Gasteiger partial charge >= 0.3 is 0 Å². The number of aryl methyl sites for hydroxylation is 2. The molecule has 0 spiro atoms. The van der Waals surface area contributed by atoms with Crippen molar-refractivity contribution >= 4 is 21.6 Å². The van der Waals surface area contributed by atoms with Crippen LogP contribution in [0.25, 0.3) is 0 Å². The van der Waals surface area contributed by atoms with Crippen molar-refractivity contribution in [1.82, 2.24) is 4.72 Å². The Bertz CT molecular complexity index is 1080. The molecule has 29 heavy (non-hydrogen) atoms. The third-order valence-electron chi connectivity index (χ3n) is 4.63. The van der Waals surface area contributed by atoms with Gasteiger partial charge in [-0.25, -0.2) is 8.42 Å². The van der Waals surface area contributed by atoms with Crippen LogP contribution in [0.2, 0.25) is 0 Å². The Morgan fingerprint density at radius 1 is 0.862 bits per heavy atom. The minimum atomic E-state index is -3.85. The van der Waals surface area contributed by atoms with E-state index in [1.807, 2.05) is 62.4 Å². The fraction of sp³-hybridized carbons (Fsp3) is 0.174. The second-order valence-corrected chi connectivity index (χ2v) is 8.69. The summed E-state index contributed by atoms with van der Waals surface area (Å²) < 4.78 is 28.3. The van der Waals surface area contributed by atoms with Crippen LogP contribution in [-0.4, -0.2) is 20.4 Å². The van der Waals surface area contributed by atoms with Gasteiger partial charge in [0.15, 0.2) is 0 Å². The van der Waals surface area contributed by atoms with Gasteiger partial charge in [-0.1, -0.05) is 66.2 Å². The Labute approximate surface area is 171 Å². The topological polar surface area (TPSA) is 75.3 Å². The highest BCUT2D eigenvalue weighted by Gasteiger charge is 2.26. The smallest absolute Gasteiger partial charge is 0.242 e. The SMILES string of the molecule is Cc1ccc(S(=O)(=O)NC(Cc2ccccc2)C(=O)Nc2ccccc2C)cc1. The first kappa shape index (κ1) is 20.8. The van der Waals surface area contributed by atoms with Crippen molar-refractivity contribution in [3.8, 4) is 0 Å². The standard InChI is InChI=1S/C23H24N2O3S/c1-17-12-14-20(15-13-17)29(27,28)25-22(16-19-9-4-3-5-10-19)23(26)24-21-11-7-6-8-18(21)2/h3-15,22,25H,16H2,1-2H3,(H,24,26). The number of sulfonamides is 1. The summed E-state index contributed by atoms with van der Waals surface area (Å²) in [5.41, 5.74) is 3.39. The van der Waals surface area contributed by atoms with E-state index in [2.05, 4.69) is 10.0 Å². The molecule has 0 saturated carbocycles. The molecule has 3 aromatic rings. The van der Waals surface area contributed by atoms with Crippen LogP contribution >= 0.6 is 0 Å². The second kappa shape index (κ2) is 9.03. The van der Waals surface area contributed by atoms with Crippen LogP contribution in [0.15, 0.2) is 83.8 Å². The number of rotatable bonds is 7. The Morgan fingerprint density at radius 3 is 2.14 bits per heavy atom. The van der Waals surface area contributed by atoms with Gasteiger partial charge in [0.1, 0.15) is 6.04 Å². The number of nitrogens with one attached hydrogen (secondary N) is 2. The lowest BCUT2D eigenvalue weighted by Gasteiger charge is -2.19. The van der Waals surface area contributed by atoms with E-state index in [-0.39, 0.29) is 11.3 Å². The van der Waals surface area contributed by atoms with E-state index in [0.717, 1.165) is 16.7 Å². The summed E-state index contributed by atoms with van der Waals surface area (Å²) in [5.74, 6) is -0.404. The Balaban J connectivity index is 1.87. The number of anilines is 1. The van der Waals surface area contributed by atoms with Crippen molar-refractivity contribution < 1.29 is 13.2 Å². The van der Waals surface area contributed by atoms with Crippen molar-refractivity contribution in [3.05, 3.63) is 95.6 Å². The zero-order chi connectivity index (χ0) is 20.9. The maximum absolute atomic E-state index is 13.0. The molecule has 0 fully saturated rings. The maximum Gasteiger partial charge on any atom is 0.242 e. The van der Waals surface area contributed by atoms with Gasteiger partial charge in [0.05, 0.1) is 4.90 Å². The zero-order valence-electron chi connectivity index (χ0n) is 16.4. The van der Waals surface area contributed by atoms with Crippen molar-refractivity contribution in [2.75, 3.05) is 5.32 Å². The van der Waals surface area contributed by atoms with Crippen LogP contribution in [-0.2, 0) is 21.2 Å². The van der Waals surface area contributed by atoms with Gasteiger partial charge in [-0.3, -0.25) is 4.79 Å². The van der Waals surface area contributed by atoms with E-state index in [1.54, 1.807) is 18.2 Å². The number of hydrogen-bond donors (Lipinski definition) is 2. The van der Waals surface area contributed by atoms with Gasteiger partial charge in [-0.2, -0.15) is 4.72 Å². The molecule has 5 nitrogen and oxygen atoms in total. The summed E-state index contributed by atoms with van der Waals surface area (Å²) in [7, 11) is -3.85. The minimum absolute atomic E-state index is 0.129. The van der Waals surface area contributed by atoms with Gasteiger partial charge in [-0.05, 0) is 49.6 Å². The van der Waals surface area contributed by atoms with Crippen molar-refractivity contribution in [3.63, 3.8) is 0 Å². The Morgan fingerprint density at radius 2 is 1.48 bits per heavy atom. The molecular formula is C23H24N2O3S. The quantitative estimate of drug-likeness (QED) is 0.624. The molecule has 0 bridgehead atoms. The van der Waals surface area contributed by atoms with E-state index in [1.165, 1.54) is 12.1 Å². The molecule has 1 amide bonds. The van der Waals surface area contributed by atoms with Crippen LogP contribution in [0.3, 0.4) is 0 Å². The molecule has 0 aliphatic carbocycles. The number of para-hydroxylation sites is 1. The second-order valence-electron chi connectivity index (χ2n) is 6.98. The normalized spacial score (nSPS) is 12.3. The molecular weight excluding hydrogens is 384 g/mol. The molecule has 1 atom stereocenters. The fourth-order valence-electron chi connectivity index (χ4n) is 2.94. The van der Waals surface area contributed by atoms with Crippen molar-refractivity contribution in [1.29, 1.82) is 0 Å². The largest absolute Gasteiger partial charge is 0.324 e. The number of carbonyl (C=O) groups excluding carboxylic acids is 1. The highest BCUT2D eigenvalue weighted by molar-refractivity contribution is 7.89. The number of carbonyl (C=O) groups is 1. The Kier molecular flexibility index (Phi) is 6.46. The Hall–Kier alpha value is -2.96. The molecule has 1 unspecified atom stereocenters. The summed E-state index contributed by atoms with van der Waals surface area (Å²) in [6.07, 6.45) is 0.240. The van der Waals surface area contributed by atoms with E-state index in [4.69, 9.17) is 0 Å². The third-order valence-corrected chi connectivity index (χ3v) is 6.12. The average molecular weight is 409 g/mol. The van der Waals surface area contributed by atoms with Crippen molar-refractivity contribution in [2.45, 2.75) is 31.2 Å². The third kappa shape index (κ3) is 5.53. The summed E-state index contributed by atoms with van der Waals surface area (Å²) in [6.45, 7) is 3.77. The van der Waals surface area contributed by atoms with Crippen LogP contribution < -0.4 is 10.0 Å². The monoisotopic (exact) mass is 408 g/mol. The molecule has 6 heteroatoms. The predicted octanol–water partition coefficient (Wildman–Crippen LogP) is 3.83. The number of hydrogen-bond acceptors (Lipinski definition) is 3. The van der Waals surface area contributed by atoms with Crippen LogP contribution in [0.5, 0.6) is 0 Å². The van der Waals surface area contributed by atoms with Crippen molar-refractivity contribution in [2.24, 2.45) is 0 Å². The average Bonchev–Trinajstić information content (AvgIpc) is 2.70. The first-order valence-electron chi connectivity index (χ1n) is 9.34. The van der Waals surface area contributed by atoms with Crippen LogP contribution in [0, 0.1) is 13.8 Å². The molecule has 3 rings (SSSR count). The lowest BCUT2D eigenvalue weighted by molar-refractivity contribution is -0.117. The summed E-state index contributed by atoms with van der Waals surface area (Å²) in [5, 5.41) is 2.85. The minimum Gasteiger partial charge on any atom is -0.324 e. The highest BCUT2D eigenvalue weighted by atomic mass is 32.2. The van der Waals surface area contributed by atoms with E-state index < -0.39 is 22.0 Å². The van der Waals surface area contributed by atoms with Gasteiger partial charge in [-0.15, -0.1) is 0 Å². The molecule has 0 heterocycles. The summed E-state index contributed by atoms with van der Waals surface area (Å²) in [4.78, 5) is 13.1. The predicted molar refractivity (Wildman–Crippen MR) is 115 cm³/mol. The van der Waals surface area contributed by atoms with Crippen LogP contribution in [0.4, 0.5) is 5.69 Å². The molecule has 150 valence electrons. The fourth-order valence-corrected chi connectivity index (χ4v) is 4.14. The zero-order valence-corrected chi connectivity index (χ0v) is 17.2. The molecule has 0 saturated heterocycles. The van der Waals surface area contributed by atoms with Gasteiger partial charge < -0.3 is 5.32 Å². The first-order chi connectivity index (χ1) is 13.8. The van der Waals surface area contributed by atoms with Gasteiger partial charge in [0.25, 0.3) is 0 Å². The molecule has 2 N–H and O–H groups in total. The molecule has 0 aromatic heterocycles. The lowest BCUT2D eigenvalue weighted by Crippen LogP contribution is -2.45. The van der Waals surface area contributed by atoms with E-state index in [0.29, 0.717) is 5.69 Å².